The van der Waals surface area contributed by atoms with Crippen LogP contribution in [0.1, 0.15) is 12.0 Å². The summed E-state index contributed by atoms with van der Waals surface area (Å²) in [5.41, 5.74) is 7.86. The molecule has 2 aromatic carbocycles. The fourth-order valence-corrected chi connectivity index (χ4v) is 3.06. The van der Waals surface area contributed by atoms with Gasteiger partial charge >= 0.3 is 0 Å². The quantitative estimate of drug-likeness (QED) is 0.777. The summed E-state index contributed by atoms with van der Waals surface area (Å²) >= 11 is 6.79. The Bertz CT molecular complexity index is 617. The molecule has 0 aliphatic carbocycles. The number of hydrogen-bond donors (Lipinski definition) is 2. The van der Waals surface area contributed by atoms with E-state index in [1.165, 1.54) is 5.56 Å². The Morgan fingerprint density at radius 1 is 1.14 bits per heavy atom. The molecule has 0 aliphatic heterocycles. The molecular formula is C16H16Br2N2O. The van der Waals surface area contributed by atoms with E-state index in [0.29, 0.717) is 6.42 Å². The molecule has 0 fully saturated rings. The first-order valence-electron chi connectivity index (χ1n) is 6.61. The van der Waals surface area contributed by atoms with Crippen molar-refractivity contribution in [3.05, 3.63) is 63.0 Å². The summed E-state index contributed by atoms with van der Waals surface area (Å²) in [7, 11) is 0. The highest BCUT2D eigenvalue weighted by Gasteiger charge is 2.14. The van der Waals surface area contributed by atoms with Gasteiger partial charge < -0.3 is 11.1 Å². The Labute approximate surface area is 141 Å². The van der Waals surface area contributed by atoms with Gasteiger partial charge in [0.05, 0.1) is 11.7 Å². The topological polar surface area (TPSA) is 55.1 Å². The molecule has 2 rings (SSSR count). The highest BCUT2D eigenvalue weighted by atomic mass is 79.9. The average molecular weight is 412 g/mol. The van der Waals surface area contributed by atoms with Gasteiger partial charge in [-0.25, -0.2) is 0 Å². The lowest BCUT2D eigenvalue weighted by atomic mass is 10.1. The first-order chi connectivity index (χ1) is 10.1. The van der Waals surface area contributed by atoms with E-state index in [1.807, 2.05) is 48.5 Å². The number of aryl methyl sites for hydroxylation is 1. The second-order valence-corrected chi connectivity index (χ2v) is 6.51. The molecule has 0 heterocycles. The molecule has 0 spiro atoms. The van der Waals surface area contributed by atoms with Crippen molar-refractivity contribution in [2.24, 2.45) is 5.73 Å². The van der Waals surface area contributed by atoms with Crippen molar-refractivity contribution in [3.63, 3.8) is 0 Å². The molecule has 2 aromatic rings. The second kappa shape index (κ2) is 7.73. The Morgan fingerprint density at radius 2 is 1.86 bits per heavy atom. The van der Waals surface area contributed by atoms with E-state index in [1.54, 1.807) is 0 Å². The van der Waals surface area contributed by atoms with Crippen LogP contribution in [0.2, 0.25) is 0 Å². The lowest BCUT2D eigenvalue weighted by molar-refractivity contribution is -0.117. The monoisotopic (exact) mass is 410 g/mol. The summed E-state index contributed by atoms with van der Waals surface area (Å²) in [5.74, 6) is -0.172. The van der Waals surface area contributed by atoms with Crippen LogP contribution in [0.3, 0.4) is 0 Å². The summed E-state index contributed by atoms with van der Waals surface area (Å²) in [5, 5.41) is 2.84. The molecule has 5 heteroatoms. The van der Waals surface area contributed by atoms with Crippen molar-refractivity contribution < 1.29 is 4.79 Å². The number of nitrogens with two attached hydrogens (primary N) is 1. The minimum absolute atomic E-state index is 0.172. The Balaban J connectivity index is 1.90. The van der Waals surface area contributed by atoms with Crippen molar-refractivity contribution in [1.82, 2.24) is 0 Å². The fraction of sp³-hybridized carbons (Fsp3) is 0.188. The maximum atomic E-state index is 12.1. The summed E-state index contributed by atoms with van der Waals surface area (Å²) < 4.78 is 1.77. The van der Waals surface area contributed by atoms with Crippen molar-refractivity contribution >= 4 is 43.5 Å². The number of carbonyl (C=O) groups excluding carboxylic acids is 1. The van der Waals surface area contributed by atoms with Crippen molar-refractivity contribution in [2.75, 3.05) is 5.32 Å². The van der Waals surface area contributed by atoms with Crippen LogP contribution < -0.4 is 11.1 Å². The zero-order valence-electron chi connectivity index (χ0n) is 11.4. The standard InChI is InChI=1S/C16H16Br2N2O/c17-12-7-9-15(13(18)10-12)20-16(21)14(19)8-6-11-4-2-1-3-5-11/h1-5,7,9-10,14H,6,8,19H2,(H,20,21)/t14-/m0/s1. The van der Waals surface area contributed by atoms with E-state index < -0.39 is 6.04 Å². The number of rotatable bonds is 5. The number of anilines is 1. The van der Waals surface area contributed by atoms with Crippen LogP contribution in [0, 0.1) is 0 Å². The zero-order chi connectivity index (χ0) is 15.2. The third-order valence-electron chi connectivity index (χ3n) is 3.11. The fourth-order valence-electron chi connectivity index (χ4n) is 1.91. The molecule has 0 radical (unpaired) electrons. The van der Waals surface area contributed by atoms with Gasteiger partial charge in [0.2, 0.25) is 5.91 Å². The van der Waals surface area contributed by atoms with Gasteiger partial charge in [-0.05, 0) is 52.5 Å². The molecule has 21 heavy (non-hydrogen) atoms. The summed E-state index contributed by atoms with van der Waals surface area (Å²) in [6.07, 6.45) is 1.40. The maximum absolute atomic E-state index is 12.1. The van der Waals surface area contributed by atoms with Gasteiger partial charge in [0.25, 0.3) is 0 Å². The van der Waals surface area contributed by atoms with E-state index in [-0.39, 0.29) is 5.91 Å². The molecule has 0 aliphatic rings. The molecule has 3 nitrogen and oxygen atoms in total. The third kappa shape index (κ3) is 4.95. The Kier molecular flexibility index (Phi) is 5.96. The number of amides is 1. The van der Waals surface area contributed by atoms with Crippen LogP contribution in [-0.4, -0.2) is 11.9 Å². The summed E-state index contributed by atoms with van der Waals surface area (Å²) in [6.45, 7) is 0. The minimum atomic E-state index is -0.527. The predicted molar refractivity (Wildman–Crippen MR) is 93.2 cm³/mol. The molecule has 110 valence electrons. The number of halogens is 2. The van der Waals surface area contributed by atoms with Gasteiger partial charge in [0, 0.05) is 8.95 Å². The van der Waals surface area contributed by atoms with Gasteiger partial charge in [0.1, 0.15) is 0 Å². The number of hydrogen-bond acceptors (Lipinski definition) is 2. The van der Waals surface area contributed by atoms with Gasteiger partial charge in [-0.1, -0.05) is 46.3 Å². The molecular weight excluding hydrogens is 396 g/mol. The van der Waals surface area contributed by atoms with E-state index >= 15 is 0 Å². The highest BCUT2D eigenvalue weighted by Crippen LogP contribution is 2.26. The average Bonchev–Trinajstić information content (AvgIpc) is 2.48. The lowest BCUT2D eigenvalue weighted by Crippen LogP contribution is -2.36. The molecule has 0 bridgehead atoms. The van der Waals surface area contributed by atoms with Crippen LogP contribution >= 0.6 is 31.9 Å². The SMILES string of the molecule is N[C@@H](CCc1ccccc1)C(=O)Nc1ccc(Br)cc1Br. The first kappa shape index (κ1) is 16.2. The second-order valence-electron chi connectivity index (χ2n) is 4.74. The molecule has 0 aromatic heterocycles. The number of carbonyl (C=O) groups is 1. The van der Waals surface area contributed by atoms with Gasteiger partial charge in [0.15, 0.2) is 0 Å². The van der Waals surface area contributed by atoms with E-state index in [0.717, 1.165) is 21.1 Å². The van der Waals surface area contributed by atoms with Crippen molar-refractivity contribution in [2.45, 2.75) is 18.9 Å². The van der Waals surface area contributed by atoms with Crippen LogP contribution in [0.4, 0.5) is 5.69 Å². The van der Waals surface area contributed by atoms with Crippen LogP contribution in [0.15, 0.2) is 57.5 Å². The van der Waals surface area contributed by atoms with Crippen LogP contribution in [0.5, 0.6) is 0 Å². The van der Waals surface area contributed by atoms with Gasteiger partial charge in [-0.3, -0.25) is 4.79 Å². The predicted octanol–water partition coefficient (Wildman–Crippen LogP) is 4.11. The van der Waals surface area contributed by atoms with Crippen LogP contribution in [0.25, 0.3) is 0 Å². The maximum Gasteiger partial charge on any atom is 0.241 e. The highest BCUT2D eigenvalue weighted by molar-refractivity contribution is 9.11. The summed E-state index contributed by atoms with van der Waals surface area (Å²) in [4.78, 5) is 12.1. The summed E-state index contributed by atoms with van der Waals surface area (Å²) in [6, 6.07) is 15.1. The smallest absolute Gasteiger partial charge is 0.241 e. The van der Waals surface area contributed by atoms with Crippen LogP contribution in [-0.2, 0) is 11.2 Å². The first-order valence-corrected chi connectivity index (χ1v) is 8.20. The largest absolute Gasteiger partial charge is 0.324 e. The Morgan fingerprint density at radius 3 is 2.52 bits per heavy atom. The number of benzene rings is 2. The third-order valence-corrected chi connectivity index (χ3v) is 4.26. The van der Waals surface area contributed by atoms with Crippen molar-refractivity contribution in [1.29, 1.82) is 0 Å². The van der Waals surface area contributed by atoms with E-state index in [9.17, 15) is 4.79 Å². The normalized spacial score (nSPS) is 12.0. The van der Waals surface area contributed by atoms with Gasteiger partial charge in [-0.2, -0.15) is 0 Å². The van der Waals surface area contributed by atoms with E-state index in [2.05, 4.69) is 37.2 Å². The molecule has 1 amide bonds. The molecule has 0 saturated heterocycles. The zero-order valence-corrected chi connectivity index (χ0v) is 14.5. The Hall–Kier alpha value is -1.17. The molecule has 1 atom stereocenters. The molecule has 0 unspecified atom stereocenters. The number of nitrogens with one attached hydrogen (secondary N) is 1. The lowest BCUT2D eigenvalue weighted by Gasteiger charge is -2.13. The minimum Gasteiger partial charge on any atom is -0.324 e. The van der Waals surface area contributed by atoms with Crippen molar-refractivity contribution in [3.8, 4) is 0 Å². The molecule has 0 saturated carbocycles. The van der Waals surface area contributed by atoms with E-state index in [4.69, 9.17) is 5.73 Å². The molecule has 3 N–H and O–H groups in total. The van der Waals surface area contributed by atoms with Gasteiger partial charge in [-0.15, -0.1) is 0 Å².